The molecule has 1 aliphatic rings. The first-order valence-corrected chi connectivity index (χ1v) is 10.1. The van der Waals surface area contributed by atoms with Gasteiger partial charge in [0.05, 0.1) is 25.7 Å². The summed E-state index contributed by atoms with van der Waals surface area (Å²) in [4.78, 5) is 24.3. The fourth-order valence-electron chi connectivity index (χ4n) is 3.69. The Morgan fingerprint density at radius 1 is 1.32 bits per heavy atom. The molecule has 2 amide bonds. The van der Waals surface area contributed by atoms with Crippen molar-refractivity contribution in [2.45, 2.75) is 52.2 Å². The van der Waals surface area contributed by atoms with Crippen LogP contribution in [0.3, 0.4) is 0 Å². The number of urea groups is 1. The van der Waals surface area contributed by atoms with Crippen molar-refractivity contribution in [2.24, 2.45) is 11.3 Å². The van der Waals surface area contributed by atoms with Crippen molar-refractivity contribution in [1.29, 1.82) is 0 Å². The second-order valence-corrected chi connectivity index (χ2v) is 8.68. The third-order valence-corrected chi connectivity index (χ3v) is 5.35. The average Bonchev–Trinajstić information content (AvgIpc) is 2.65. The van der Waals surface area contributed by atoms with Crippen molar-refractivity contribution in [2.75, 3.05) is 20.3 Å². The van der Waals surface area contributed by atoms with Crippen molar-refractivity contribution < 1.29 is 19.1 Å². The van der Waals surface area contributed by atoms with Crippen LogP contribution in [-0.2, 0) is 14.3 Å². The predicted octanol–water partition coefficient (Wildman–Crippen LogP) is 4.08. The van der Waals surface area contributed by atoms with Gasteiger partial charge in [-0.25, -0.2) is 4.79 Å². The molecule has 1 aromatic carbocycles. The van der Waals surface area contributed by atoms with Crippen LogP contribution in [0.15, 0.2) is 24.3 Å². The van der Waals surface area contributed by atoms with Gasteiger partial charge in [-0.1, -0.05) is 50.6 Å². The van der Waals surface area contributed by atoms with Crippen molar-refractivity contribution in [1.82, 2.24) is 10.6 Å². The molecule has 1 fully saturated rings. The summed E-state index contributed by atoms with van der Waals surface area (Å²) in [5, 5.41) is 6.29. The molecule has 0 saturated carbocycles. The van der Waals surface area contributed by atoms with Gasteiger partial charge in [-0.3, -0.25) is 4.79 Å². The van der Waals surface area contributed by atoms with Crippen LogP contribution < -0.4 is 10.6 Å². The first-order chi connectivity index (χ1) is 13.2. The van der Waals surface area contributed by atoms with Gasteiger partial charge in [-0.2, -0.15) is 0 Å². The van der Waals surface area contributed by atoms with Gasteiger partial charge in [0, 0.05) is 24.1 Å². The lowest BCUT2D eigenvalue weighted by atomic mass is 9.78. The highest BCUT2D eigenvalue weighted by molar-refractivity contribution is 6.31. The molecule has 1 aliphatic heterocycles. The van der Waals surface area contributed by atoms with E-state index in [4.69, 9.17) is 21.1 Å². The fourth-order valence-corrected chi connectivity index (χ4v) is 3.96. The largest absolute Gasteiger partial charge is 0.469 e. The number of carbonyl (C=O) groups excluding carboxylic acids is 2. The van der Waals surface area contributed by atoms with Crippen LogP contribution in [0, 0.1) is 11.3 Å². The van der Waals surface area contributed by atoms with E-state index in [9.17, 15) is 9.59 Å². The molecule has 6 nitrogen and oxygen atoms in total. The Kier molecular flexibility index (Phi) is 8.13. The van der Waals surface area contributed by atoms with Crippen LogP contribution in [0.5, 0.6) is 0 Å². The number of benzene rings is 1. The molecule has 3 unspecified atom stereocenters. The van der Waals surface area contributed by atoms with Crippen molar-refractivity contribution >= 4 is 23.6 Å². The Bertz CT molecular complexity index is 675. The van der Waals surface area contributed by atoms with Gasteiger partial charge in [0.2, 0.25) is 0 Å². The normalized spacial score (nSPS) is 20.9. The van der Waals surface area contributed by atoms with Crippen LogP contribution in [0.25, 0.3) is 0 Å². The highest BCUT2D eigenvalue weighted by Gasteiger charge is 2.35. The van der Waals surface area contributed by atoms with Gasteiger partial charge in [-0.05, 0) is 29.9 Å². The lowest BCUT2D eigenvalue weighted by Crippen LogP contribution is -2.47. The van der Waals surface area contributed by atoms with Crippen LogP contribution in [-0.4, -0.2) is 38.4 Å². The zero-order valence-electron chi connectivity index (χ0n) is 17.1. The third kappa shape index (κ3) is 6.38. The molecule has 2 N–H and O–H groups in total. The van der Waals surface area contributed by atoms with Crippen molar-refractivity contribution in [3.8, 4) is 0 Å². The van der Waals surface area contributed by atoms with Crippen LogP contribution >= 0.6 is 11.6 Å². The molecule has 1 saturated heterocycles. The van der Waals surface area contributed by atoms with E-state index in [1.165, 1.54) is 7.11 Å². The summed E-state index contributed by atoms with van der Waals surface area (Å²) < 4.78 is 10.7. The number of methoxy groups -OCH3 is 1. The van der Waals surface area contributed by atoms with E-state index < -0.39 is 12.0 Å². The minimum Gasteiger partial charge on any atom is -0.469 e. The lowest BCUT2D eigenvalue weighted by Gasteiger charge is -2.40. The summed E-state index contributed by atoms with van der Waals surface area (Å²) >= 11 is 6.26. The van der Waals surface area contributed by atoms with Gasteiger partial charge in [0.25, 0.3) is 0 Å². The summed E-state index contributed by atoms with van der Waals surface area (Å²) in [5.41, 5.74) is 0.687. The minimum atomic E-state index is -0.567. The van der Waals surface area contributed by atoms with E-state index in [1.54, 1.807) is 18.2 Å². The monoisotopic (exact) mass is 410 g/mol. The molecular weight excluding hydrogens is 380 g/mol. The Balaban J connectivity index is 2.01. The Morgan fingerprint density at radius 3 is 2.68 bits per heavy atom. The van der Waals surface area contributed by atoms with Crippen molar-refractivity contribution in [3.05, 3.63) is 34.9 Å². The van der Waals surface area contributed by atoms with Crippen LogP contribution in [0.4, 0.5) is 4.79 Å². The molecule has 2 rings (SSSR count). The molecule has 156 valence electrons. The van der Waals surface area contributed by atoms with E-state index in [0.29, 0.717) is 17.1 Å². The molecular formula is C21H31ClN2O4. The smallest absolute Gasteiger partial charge is 0.315 e. The maximum Gasteiger partial charge on any atom is 0.315 e. The van der Waals surface area contributed by atoms with E-state index in [2.05, 4.69) is 31.4 Å². The summed E-state index contributed by atoms with van der Waals surface area (Å²) in [6.07, 6.45) is 2.10. The SMILES string of the molecule is COC(=O)CC(NC(=O)NCC1CCCOC1C(C)(C)C)c1ccccc1Cl. The second kappa shape index (κ2) is 10.1. The number of hydrogen-bond acceptors (Lipinski definition) is 4. The van der Waals surface area contributed by atoms with Gasteiger partial charge < -0.3 is 20.1 Å². The Hall–Kier alpha value is -1.79. The molecule has 7 heteroatoms. The lowest BCUT2D eigenvalue weighted by molar-refractivity contribution is -0.141. The molecule has 0 bridgehead atoms. The van der Waals surface area contributed by atoms with Gasteiger partial charge in [0.15, 0.2) is 0 Å². The van der Waals surface area contributed by atoms with E-state index >= 15 is 0 Å². The van der Waals surface area contributed by atoms with Crippen molar-refractivity contribution in [3.63, 3.8) is 0 Å². The number of amides is 2. The number of nitrogens with one attached hydrogen (secondary N) is 2. The topological polar surface area (TPSA) is 76.7 Å². The average molecular weight is 411 g/mol. The summed E-state index contributed by atoms with van der Waals surface area (Å²) in [7, 11) is 1.32. The first-order valence-electron chi connectivity index (χ1n) is 9.69. The standard InChI is InChI=1S/C21H31ClN2O4/c1-21(2,3)19-14(8-7-11-28-19)13-23-20(26)24-17(12-18(25)27-4)15-9-5-6-10-16(15)22/h5-6,9-10,14,17,19H,7-8,11-13H2,1-4H3,(H2,23,24,26). The molecule has 1 heterocycles. The molecule has 0 aliphatic carbocycles. The van der Waals surface area contributed by atoms with E-state index in [-0.39, 0.29) is 29.9 Å². The van der Waals surface area contributed by atoms with Gasteiger partial charge in [0.1, 0.15) is 0 Å². The van der Waals surface area contributed by atoms with Gasteiger partial charge in [-0.15, -0.1) is 0 Å². The summed E-state index contributed by atoms with van der Waals surface area (Å²) in [5.74, 6) is -0.169. The molecule has 28 heavy (non-hydrogen) atoms. The zero-order chi connectivity index (χ0) is 20.7. The number of rotatable bonds is 6. The molecule has 0 spiro atoms. The maximum absolute atomic E-state index is 12.5. The van der Waals surface area contributed by atoms with E-state index in [1.807, 2.05) is 6.07 Å². The number of esters is 1. The zero-order valence-corrected chi connectivity index (χ0v) is 17.8. The summed E-state index contributed by atoms with van der Waals surface area (Å²) in [6, 6.07) is 6.23. The molecule has 1 aromatic rings. The van der Waals surface area contributed by atoms with E-state index in [0.717, 1.165) is 19.4 Å². The number of hydrogen-bond donors (Lipinski definition) is 2. The predicted molar refractivity (Wildman–Crippen MR) is 109 cm³/mol. The molecule has 3 atom stereocenters. The van der Waals surface area contributed by atoms with Crippen LogP contribution in [0.1, 0.15) is 51.6 Å². The highest BCUT2D eigenvalue weighted by Crippen LogP contribution is 2.33. The number of halogens is 1. The number of carbonyl (C=O) groups is 2. The van der Waals surface area contributed by atoms with Crippen LogP contribution in [0.2, 0.25) is 5.02 Å². The second-order valence-electron chi connectivity index (χ2n) is 8.27. The summed E-state index contributed by atoms with van der Waals surface area (Å²) in [6.45, 7) is 7.74. The number of ether oxygens (including phenoxy) is 2. The Labute approximate surface area is 172 Å². The molecule has 0 aromatic heterocycles. The minimum absolute atomic E-state index is 0.00477. The Morgan fingerprint density at radius 2 is 2.04 bits per heavy atom. The quantitative estimate of drug-likeness (QED) is 0.692. The third-order valence-electron chi connectivity index (χ3n) is 5.01. The maximum atomic E-state index is 12.5. The van der Waals surface area contributed by atoms with Gasteiger partial charge >= 0.3 is 12.0 Å². The first kappa shape index (κ1) is 22.5. The highest BCUT2D eigenvalue weighted by atomic mass is 35.5. The fraction of sp³-hybridized carbons (Fsp3) is 0.619. The molecule has 0 radical (unpaired) electrons.